The van der Waals surface area contributed by atoms with Crippen molar-refractivity contribution in [1.82, 2.24) is 0 Å². The SMILES string of the molecule is C=CCOc1ccc(-c2ccc(C)cc2)c(F)c1F. The molecule has 0 amide bonds. The first-order valence-electron chi connectivity index (χ1n) is 5.92. The highest BCUT2D eigenvalue weighted by Gasteiger charge is 2.15. The van der Waals surface area contributed by atoms with Crippen molar-refractivity contribution in [3.05, 3.63) is 66.3 Å². The number of hydrogen-bond donors (Lipinski definition) is 0. The average molecular weight is 260 g/mol. The van der Waals surface area contributed by atoms with Gasteiger partial charge in [-0.3, -0.25) is 0 Å². The number of halogens is 2. The predicted octanol–water partition coefficient (Wildman–Crippen LogP) is 4.51. The zero-order valence-electron chi connectivity index (χ0n) is 10.6. The lowest BCUT2D eigenvalue weighted by Crippen LogP contribution is -1.99. The maximum absolute atomic E-state index is 14.0. The monoisotopic (exact) mass is 260 g/mol. The lowest BCUT2D eigenvalue weighted by atomic mass is 10.0. The van der Waals surface area contributed by atoms with Crippen LogP contribution in [-0.4, -0.2) is 6.61 Å². The zero-order valence-corrected chi connectivity index (χ0v) is 10.6. The topological polar surface area (TPSA) is 9.23 Å². The van der Waals surface area contributed by atoms with Gasteiger partial charge in [0.2, 0.25) is 5.82 Å². The van der Waals surface area contributed by atoms with Crippen molar-refractivity contribution in [3.8, 4) is 16.9 Å². The summed E-state index contributed by atoms with van der Waals surface area (Å²) in [4.78, 5) is 0. The lowest BCUT2D eigenvalue weighted by Gasteiger charge is -2.09. The highest BCUT2D eigenvalue weighted by molar-refractivity contribution is 5.65. The van der Waals surface area contributed by atoms with Crippen molar-refractivity contribution < 1.29 is 13.5 Å². The molecule has 2 aromatic rings. The summed E-state index contributed by atoms with van der Waals surface area (Å²) in [5, 5.41) is 0. The molecule has 19 heavy (non-hydrogen) atoms. The molecule has 0 bridgehead atoms. The molecule has 0 aromatic heterocycles. The molecular weight excluding hydrogens is 246 g/mol. The Morgan fingerprint density at radius 2 is 1.74 bits per heavy atom. The molecule has 0 saturated heterocycles. The second-order valence-corrected chi connectivity index (χ2v) is 4.20. The van der Waals surface area contributed by atoms with E-state index in [1.807, 2.05) is 19.1 Å². The van der Waals surface area contributed by atoms with Crippen molar-refractivity contribution in [1.29, 1.82) is 0 Å². The molecule has 0 saturated carbocycles. The van der Waals surface area contributed by atoms with Gasteiger partial charge in [0.15, 0.2) is 11.6 Å². The lowest BCUT2D eigenvalue weighted by molar-refractivity contribution is 0.333. The fourth-order valence-electron chi connectivity index (χ4n) is 1.75. The minimum atomic E-state index is -0.972. The first kappa shape index (κ1) is 13.3. The van der Waals surface area contributed by atoms with Crippen LogP contribution in [0.2, 0.25) is 0 Å². The van der Waals surface area contributed by atoms with Crippen molar-refractivity contribution in [2.75, 3.05) is 6.61 Å². The van der Waals surface area contributed by atoms with Crippen molar-refractivity contribution in [3.63, 3.8) is 0 Å². The van der Waals surface area contributed by atoms with Crippen LogP contribution in [0.1, 0.15) is 5.56 Å². The van der Waals surface area contributed by atoms with Crippen LogP contribution < -0.4 is 4.74 Å². The number of rotatable bonds is 4. The molecular formula is C16H14F2O. The molecule has 0 heterocycles. The Morgan fingerprint density at radius 3 is 2.37 bits per heavy atom. The second kappa shape index (κ2) is 5.65. The van der Waals surface area contributed by atoms with Crippen molar-refractivity contribution in [2.45, 2.75) is 6.92 Å². The Hall–Kier alpha value is -2.16. The number of ether oxygens (including phenoxy) is 1. The number of aryl methyl sites for hydroxylation is 1. The van der Waals surface area contributed by atoms with Gasteiger partial charge in [-0.05, 0) is 24.6 Å². The molecule has 2 rings (SSSR count). The first-order valence-corrected chi connectivity index (χ1v) is 5.92. The van der Waals surface area contributed by atoms with E-state index >= 15 is 0 Å². The van der Waals surface area contributed by atoms with E-state index in [4.69, 9.17) is 4.74 Å². The van der Waals surface area contributed by atoms with E-state index in [1.165, 1.54) is 18.2 Å². The zero-order chi connectivity index (χ0) is 13.8. The maximum atomic E-state index is 14.0. The van der Waals surface area contributed by atoms with Crippen LogP contribution >= 0.6 is 0 Å². The highest BCUT2D eigenvalue weighted by atomic mass is 19.2. The van der Waals surface area contributed by atoms with Crippen molar-refractivity contribution in [2.24, 2.45) is 0 Å². The Morgan fingerprint density at radius 1 is 1.05 bits per heavy atom. The van der Waals surface area contributed by atoms with Crippen molar-refractivity contribution >= 4 is 0 Å². The van der Waals surface area contributed by atoms with E-state index in [2.05, 4.69) is 6.58 Å². The quantitative estimate of drug-likeness (QED) is 0.735. The van der Waals surface area contributed by atoms with Gasteiger partial charge in [0.05, 0.1) is 0 Å². The number of hydrogen-bond acceptors (Lipinski definition) is 1. The molecule has 3 heteroatoms. The van der Waals surface area contributed by atoms with Crippen LogP contribution in [0.5, 0.6) is 5.75 Å². The highest BCUT2D eigenvalue weighted by Crippen LogP contribution is 2.29. The van der Waals surface area contributed by atoms with Crippen LogP contribution in [0.25, 0.3) is 11.1 Å². The average Bonchev–Trinajstić information content (AvgIpc) is 2.42. The summed E-state index contributed by atoms with van der Waals surface area (Å²) < 4.78 is 32.9. The van der Waals surface area contributed by atoms with Crippen LogP contribution in [0, 0.1) is 18.6 Å². The molecule has 0 aliphatic rings. The Labute approximate surface area is 111 Å². The van der Waals surface area contributed by atoms with Gasteiger partial charge < -0.3 is 4.74 Å². The molecule has 1 nitrogen and oxygen atoms in total. The summed E-state index contributed by atoms with van der Waals surface area (Å²) in [7, 11) is 0. The first-order chi connectivity index (χ1) is 9.13. The van der Waals surface area contributed by atoms with E-state index in [1.54, 1.807) is 12.1 Å². The van der Waals surface area contributed by atoms with Gasteiger partial charge in [0.1, 0.15) is 6.61 Å². The van der Waals surface area contributed by atoms with Gasteiger partial charge in [0.25, 0.3) is 0 Å². The van der Waals surface area contributed by atoms with E-state index < -0.39 is 11.6 Å². The molecule has 0 radical (unpaired) electrons. The van der Waals surface area contributed by atoms with Crippen LogP contribution in [-0.2, 0) is 0 Å². The Bertz CT molecular complexity index is 588. The summed E-state index contributed by atoms with van der Waals surface area (Å²) in [5.41, 5.74) is 1.93. The summed E-state index contributed by atoms with van der Waals surface area (Å²) >= 11 is 0. The second-order valence-electron chi connectivity index (χ2n) is 4.20. The molecule has 0 fully saturated rings. The molecule has 0 spiro atoms. The third-order valence-electron chi connectivity index (χ3n) is 2.77. The Balaban J connectivity index is 2.40. The maximum Gasteiger partial charge on any atom is 0.201 e. The molecule has 2 aromatic carbocycles. The van der Waals surface area contributed by atoms with Gasteiger partial charge in [-0.25, -0.2) is 4.39 Å². The minimum absolute atomic E-state index is 0.103. The summed E-state index contributed by atoms with van der Waals surface area (Å²) in [5.74, 6) is -1.97. The van der Waals surface area contributed by atoms with Gasteiger partial charge in [-0.1, -0.05) is 42.5 Å². The molecule has 0 aliphatic carbocycles. The third-order valence-corrected chi connectivity index (χ3v) is 2.77. The van der Waals surface area contributed by atoms with E-state index in [0.29, 0.717) is 5.56 Å². The fourth-order valence-corrected chi connectivity index (χ4v) is 1.75. The summed E-state index contributed by atoms with van der Waals surface area (Å²) in [6.07, 6.45) is 1.48. The largest absolute Gasteiger partial charge is 0.486 e. The summed E-state index contributed by atoms with van der Waals surface area (Å²) in [6, 6.07) is 10.2. The van der Waals surface area contributed by atoms with E-state index in [-0.39, 0.29) is 17.9 Å². The van der Waals surface area contributed by atoms with Crippen LogP contribution in [0.4, 0.5) is 8.78 Å². The molecule has 0 unspecified atom stereocenters. The molecule has 0 aliphatic heterocycles. The van der Waals surface area contributed by atoms with Gasteiger partial charge >= 0.3 is 0 Å². The minimum Gasteiger partial charge on any atom is -0.486 e. The summed E-state index contributed by atoms with van der Waals surface area (Å²) in [6.45, 7) is 5.54. The van der Waals surface area contributed by atoms with Crippen LogP contribution in [0.3, 0.4) is 0 Å². The van der Waals surface area contributed by atoms with Crippen LogP contribution in [0.15, 0.2) is 49.1 Å². The smallest absolute Gasteiger partial charge is 0.201 e. The normalized spacial score (nSPS) is 10.3. The predicted molar refractivity (Wildman–Crippen MR) is 72.2 cm³/mol. The molecule has 0 atom stereocenters. The molecule has 98 valence electrons. The number of benzene rings is 2. The third kappa shape index (κ3) is 2.81. The fraction of sp³-hybridized carbons (Fsp3) is 0.125. The molecule has 0 N–H and O–H groups in total. The van der Waals surface area contributed by atoms with E-state index in [0.717, 1.165) is 5.56 Å². The Kier molecular flexibility index (Phi) is 3.95. The standard InChI is InChI=1S/C16H14F2O/c1-3-10-19-14-9-8-13(15(17)16(14)18)12-6-4-11(2)5-7-12/h3-9H,1,10H2,2H3. The van der Waals surface area contributed by atoms with Gasteiger partial charge in [-0.15, -0.1) is 0 Å². The van der Waals surface area contributed by atoms with E-state index in [9.17, 15) is 8.78 Å². The van der Waals surface area contributed by atoms with Gasteiger partial charge in [0, 0.05) is 5.56 Å². The van der Waals surface area contributed by atoms with Gasteiger partial charge in [-0.2, -0.15) is 4.39 Å².